The fourth-order valence-electron chi connectivity index (χ4n) is 2.42. The van der Waals surface area contributed by atoms with Crippen LogP contribution in [0.2, 0.25) is 0 Å². The van der Waals surface area contributed by atoms with Crippen LogP contribution in [0.25, 0.3) is 0 Å². The van der Waals surface area contributed by atoms with Crippen molar-refractivity contribution in [1.82, 2.24) is 0 Å². The Balaban J connectivity index is 2.01. The molecule has 98 valence electrons. The second-order valence-electron chi connectivity index (χ2n) is 4.83. The van der Waals surface area contributed by atoms with Gasteiger partial charge in [0.25, 0.3) is 0 Å². The van der Waals surface area contributed by atoms with Crippen LogP contribution in [0.3, 0.4) is 0 Å². The molecule has 0 unspecified atom stereocenters. The molecule has 2 N–H and O–H groups in total. The van der Waals surface area contributed by atoms with Gasteiger partial charge in [-0.1, -0.05) is 12.8 Å². The van der Waals surface area contributed by atoms with Gasteiger partial charge in [0.15, 0.2) is 0 Å². The molecule has 1 aromatic heterocycles. The summed E-state index contributed by atoms with van der Waals surface area (Å²) in [5.74, 6) is -0.576. The minimum atomic E-state index is -0.982. The van der Waals surface area contributed by atoms with Gasteiger partial charge in [-0.2, -0.15) is 0 Å². The second-order valence-corrected chi connectivity index (χ2v) is 5.71. The summed E-state index contributed by atoms with van der Waals surface area (Å²) in [6.45, 7) is 1.81. The Hall–Kier alpha value is -1.36. The molecule has 5 heteroatoms. The number of carbonyl (C=O) groups is 2. The van der Waals surface area contributed by atoms with Gasteiger partial charge in [0.05, 0.1) is 5.69 Å². The van der Waals surface area contributed by atoms with Gasteiger partial charge in [-0.25, -0.2) is 4.79 Å². The van der Waals surface area contributed by atoms with Gasteiger partial charge >= 0.3 is 5.97 Å². The number of nitrogens with one attached hydrogen (secondary N) is 1. The lowest BCUT2D eigenvalue weighted by Gasteiger charge is -2.10. The lowest BCUT2D eigenvalue weighted by molar-refractivity contribution is -0.117. The van der Waals surface area contributed by atoms with Crippen LogP contribution in [0.4, 0.5) is 5.69 Å². The van der Waals surface area contributed by atoms with E-state index in [4.69, 9.17) is 5.11 Å². The number of amides is 1. The number of anilines is 1. The van der Waals surface area contributed by atoms with Gasteiger partial charge in [0.2, 0.25) is 5.91 Å². The van der Waals surface area contributed by atoms with Crippen molar-refractivity contribution in [3.63, 3.8) is 0 Å². The summed E-state index contributed by atoms with van der Waals surface area (Å²) in [4.78, 5) is 23.1. The number of thiophene rings is 1. The predicted octanol–water partition coefficient (Wildman–Crippen LogP) is 3.27. The van der Waals surface area contributed by atoms with E-state index in [1.165, 1.54) is 12.8 Å². The fraction of sp³-hybridized carbons (Fsp3) is 0.538. The average Bonchev–Trinajstić information content (AvgIpc) is 2.90. The summed E-state index contributed by atoms with van der Waals surface area (Å²) in [6, 6.07) is 0. The summed E-state index contributed by atoms with van der Waals surface area (Å²) >= 11 is 1.15. The number of aromatic carboxylic acids is 1. The molecule has 1 aromatic rings. The van der Waals surface area contributed by atoms with E-state index in [0.29, 0.717) is 18.0 Å². The number of aryl methyl sites for hydroxylation is 1. The zero-order valence-electron chi connectivity index (χ0n) is 10.4. The van der Waals surface area contributed by atoms with Crippen molar-refractivity contribution in [3.8, 4) is 0 Å². The Morgan fingerprint density at radius 2 is 2.11 bits per heavy atom. The second kappa shape index (κ2) is 5.52. The van der Waals surface area contributed by atoms with Crippen molar-refractivity contribution in [2.75, 3.05) is 5.32 Å². The highest BCUT2D eigenvalue weighted by Gasteiger charge is 2.21. The third kappa shape index (κ3) is 2.90. The van der Waals surface area contributed by atoms with Crippen LogP contribution >= 0.6 is 11.3 Å². The molecule has 0 aromatic carbocycles. The monoisotopic (exact) mass is 267 g/mol. The summed E-state index contributed by atoms with van der Waals surface area (Å²) in [7, 11) is 0. The first kappa shape index (κ1) is 13.1. The van der Waals surface area contributed by atoms with Gasteiger partial charge in [-0.3, -0.25) is 4.79 Å². The molecule has 1 aliphatic carbocycles. The number of carboxylic acids is 1. The summed E-state index contributed by atoms with van der Waals surface area (Å²) in [6.07, 6.45) is 5.14. The van der Waals surface area contributed by atoms with Gasteiger partial charge < -0.3 is 10.4 Å². The van der Waals surface area contributed by atoms with Crippen LogP contribution in [0.5, 0.6) is 0 Å². The topological polar surface area (TPSA) is 66.4 Å². The van der Waals surface area contributed by atoms with Crippen molar-refractivity contribution in [2.45, 2.75) is 39.0 Å². The maximum atomic E-state index is 11.9. The van der Waals surface area contributed by atoms with E-state index < -0.39 is 5.97 Å². The Morgan fingerprint density at radius 1 is 1.44 bits per heavy atom. The largest absolute Gasteiger partial charge is 0.477 e. The van der Waals surface area contributed by atoms with Gasteiger partial charge in [0, 0.05) is 6.42 Å². The van der Waals surface area contributed by atoms with E-state index in [9.17, 15) is 9.59 Å². The predicted molar refractivity (Wildman–Crippen MR) is 71.2 cm³/mol. The lowest BCUT2D eigenvalue weighted by atomic mass is 10.0. The molecule has 18 heavy (non-hydrogen) atoms. The quantitative estimate of drug-likeness (QED) is 0.879. The Bertz CT molecular complexity index is 461. The zero-order valence-corrected chi connectivity index (χ0v) is 11.2. The van der Waals surface area contributed by atoms with E-state index in [-0.39, 0.29) is 10.8 Å². The van der Waals surface area contributed by atoms with E-state index in [2.05, 4.69) is 5.32 Å². The van der Waals surface area contributed by atoms with Crippen LogP contribution in [0.1, 0.15) is 47.3 Å². The maximum absolute atomic E-state index is 11.9. The molecule has 0 aliphatic heterocycles. The molecule has 0 bridgehead atoms. The normalized spacial score (nSPS) is 15.8. The average molecular weight is 267 g/mol. The highest BCUT2D eigenvalue weighted by molar-refractivity contribution is 7.12. The standard InChI is InChI=1S/C13H17NO3S/c1-8-7-18-12(13(16)17)11(8)14-10(15)6-9-4-2-3-5-9/h7,9H,2-6H2,1H3,(H,14,15)(H,16,17). The molecular weight excluding hydrogens is 250 g/mol. The number of carboxylic acid groups (broad SMARTS) is 1. The first-order chi connectivity index (χ1) is 8.58. The minimum Gasteiger partial charge on any atom is -0.477 e. The highest BCUT2D eigenvalue weighted by atomic mass is 32.1. The van der Waals surface area contributed by atoms with Crippen molar-refractivity contribution in [1.29, 1.82) is 0 Å². The number of rotatable bonds is 4. The first-order valence-electron chi connectivity index (χ1n) is 6.19. The molecule has 1 heterocycles. The Kier molecular flexibility index (Phi) is 4.01. The molecular formula is C13H17NO3S. The van der Waals surface area contributed by atoms with Crippen molar-refractivity contribution in [2.24, 2.45) is 5.92 Å². The lowest BCUT2D eigenvalue weighted by Crippen LogP contribution is -2.16. The van der Waals surface area contributed by atoms with Gasteiger partial charge in [0.1, 0.15) is 4.88 Å². The van der Waals surface area contributed by atoms with E-state index in [0.717, 1.165) is 29.7 Å². The number of hydrogen-bond acceptors (Lipinski definition) is 3. The molecule has 4 nitrogen and oxygen atoms in total. The molecule has 0 radical (unpaired) electrons. The minimum absolute atomic E-state index is 0.0640. The van der Waals surface area contributed by atoms with E-state index in [1.54, 1.807) is 5.38 Å². The highest BCUT2D eigenvalue weighted by Crippen LogP contribution is 2.30. The third-order valence-electron chi connectivity index (χ3n) is 3.38. The van der Waals surface area contributed by atoms with Gasteiger partial charge in [-0.15, -0.1) is 11.3 Å². The molecule has 0 atom stereocenters. The summed E-state index contributed by atoms with van der Waals surface area (Å²) in [5.41, 5.74) is 1.28. The molecule has 1 fully saturated rings. The van der Waals surface area contributed by atoms with Crippen LogP contribution in [0, 0.1) is 12.8 Å². The van der Waals surface area contributed by atoms with Crippen molar-refractivity contribution in [3.05, 3.63) is 15.8 Å². The van der Waals surface area contributed by atoms with E-state index in [1.807, 2.05) is 6.92 Å². The smallest absolute Gasteiger partial charge is 0.348 e. The molecule has 1 saturated carbocycles. The van der Waals surface area contributed by atoms with Crippen LogP contribution in [-0.4, -0.2) is 17.0 Å². The molecule has 1 amide bonds. The zero-order chi connectivity index (χ0) is 13.1. The SMILES string of the molecule is Cc1csc(C(=O)O)c1NC(=O)CC1CCCC1. The molecule has 1 aliphatic rings. The van der Waals surface area contributed by atoms with Crippen LogP contribution in [-0.2, 0) is 4.79 Å². The maximum Gasteiger partial charge on any atom is 0.348 e. The third-order valence-corrected chi connectivity index (χ3v) is 4.47. The molecule has 0 saturated heterocycles. The van der Waals surface area contributed by atoms with Crippen molar-refractivity contribution < 1.29 is 14.7 Å². The molecule has 2 rings (SSSR count). The Labute approximate surface area is 110 Å². The number of hydrogen-bond donors (Lipinski definition) is 2. The Morgan fingerprint density at radius 3 is 2.72 bits per heavy atom. The number of carbonyl (C=O) groups excluding carboxylic acids is 1. The van der Waals surface area contributed by atoms with Crippen molar-refractivity contribution >= 4 is 28.9 Å². The fourth-order valence-corrected chi connectivity index (χ4v) is 3.27. The first-order valence-corrected chi connectivity index (χ1v) is 7.07. The molecule has 0 spiro atoms. The van der Waals surface area contributed by atoms with Crippen LogP contribution in [0.15, 0.2) is 5.38 Å². The summed E-state index contributed by atoms with van der Waals surface area (Å²) in [5, 5.41) is 13.6. The van der Waals surface area contributed by atoms with Gasteiger partial charge in [-0.05, 0) is 36.6 Å². The summed E-state index contributed by atoms with van der Waals surface area (Å²) < 4.78 is 0. The van der Waals surface area contributed by atoms with Crippen LogP contribution < -0.4 is 5.32 Å². The van der Waals surface area contributed by atoms with E-state index >= 15 is 0 Å².